The Morgan fingerprint density at radius 1 is 0.969 bits per heavy atom. The maximum absolute atomic E-state index is 6.50. The third kappa shape index (κ3) is 3.47. The summed E-state index contributed by atoms with van der Waals surface area (Å²) in [4.78, 5) is 4.72. The quantitative estimate of drug-likeness (QED) is 0.416. The van der Waals surface area contributed by atoms with E-state index in [-0.39, 0.29) is 0 Å². The summed E-state index contributed by atoms with van der Waals surface area (Å²) in [7, 11) is 3.26. The molecule has 160 valence electrons. The Labute approximate surface area is 188 Å². The van der Waals surface area contributed by atoms with E-state index in [1.54, 1.807) is 18.7 Å². The van der Waals surface area contributed by atoms with Crippen LogP contribution in [0.5, 0.6) is 5.75 Å². The van der Waals surface area contributed by atoms with E-state index in [0.29, 0.717) is 28.8 Å². The van der Waals surface area contributed by atoms with E-state index in [9.17, 15) is 0 Å². The van der Waals surface area contributed by atoms with Crippen LogP contribution in [0.4, 0.5) is 5.82 Å². The second-order valence-electron chi connectivity index (χ2n) is 7.06. The smallest absolute Gasteiger partial charge is 0.187 e. The lowest BCUT2D eigenvalue weighted by Crippen LogP contribution is -2.05. The van der Waals surface area contributed by atoms with Gasteiger partial charge in [-0.15, -0.1) is 21.5 Å². The number of rotatable bonds is 6. The number of methoxy groups -OCH3 is 2. The molecule has 5 rings (SSSR count). The zero-order valence-electron chi connectivity index (χ0n) is 17.5. The summed E-state index contributed by atoms with van der Waals surface area (Å²) in [5, 5.41) is 16.2. The van der Waals surface area contributed by atoms with Crippen molar-refractivity contribution in [1.82, 2.24) is 24.8 Å². The second kappa shape index (κ2) is 8.37. The van der Waals surface area contributed by atoms with Gasteiger partial charge in [-0.25, -0.2) is 4.98 Å². The summed E-state index contributed by atoms with van der Waals surface area (Å²) < 4.78 is 12.3. The van der Waals surface area contributed by atoms with Crippen LogP contribution in [0.15, 0.2) is 60.0 Å². The molecule has 0 spiro atoms. The van der Waals surface area contributed by atoms with Crippen LogP contribution in [0.25, 0.3) is 38.7 Å². The topological polar surface area (TPSA) is 100 Å². The zero-order chi connectivity index (χ0) is 22.1. The van der Waals surface area contributed by atoms with Gasteiger partial charge in [0.1, 0.15) is 10.8 Å². The SMILES string of the molecule is COCc1nn2c(N)c(-c3nc(-c4ccccc4)cs3)nnc2c1-c1ccc(OC)cc1. The molecule has 0 aliphatic heterocycles. The van der Waals surface area contributed by atoms with Crippen molar-refractivity contribution in [2.75, 3.05) is 20.0 Å². The van der Waals surface area contributed by atoms with Gasteiger partial charge in [-0.1, -0.05) is 42.5 Å². The predicted molar refractivity (Wildman–Crippen MR) is 124 cm³/mol. The van der Waals surface area contributed by atoms with E-state index in [1.165, 1.54) is 11.3 Å². The first-order valence-electron chi connectivity index (χ1n) is 9.88. The fraction of sp³-hybridized carbons (Fsp3) is 0.130. The Hall–Kier alpha value is -3.82. The number of hydrogen-bond acceptors (Lipinski definition) is 8. The monoisotopic (exact) mass is 444 g/mol. The molecular weight excluding hydrogens is 424 g/mol. The number of nitrogens with zero attached hydrogens (tertiary/aromatic N) is 5. The summed E-state index contributed by atoms with van der Waals surface area (Å²) in [5.41, 5.74) is 11.9. The van der Waals surface area contributed by atoms with Gasteiger partial charge in [0.05, 0.1) is 30.7 Å². The molecule has 0 radical (unpaired) electrons. The summed E-state index contributed by atoms with van der Waals surface area (Å²) >= 11 is 1.47. The van der Waals surface area contributed by atoms with Crippen molar-refractivity contribution in [2.24, 2.45) is 0 Å². The molecule has 0 unspecified atom stereocenters. The number of anilines is 1. The molecule has 8 nitrogen and oxygen atoms in total. The largest absolute Gasteiger partial charge is 0.497 e. The van der Waals surface area contributed by atoms with Crippen LogP contribution in [0.3, 0.4) is 0 Å². The number of nitrogens with two attached hydrogens (primary N) is 1. The van der Waals surface area contributed by atoms with Gasteiger partial charge in [0.15, 0.2) is 17.2 Å². The first kappa shape index (κ1) is 20.1. The maximum atomic E-state index is 6.50. The highest BCUT2D eigenvalue weighted by Gasteiger charge is 2.21. The Bertz CT molecular complexity index is 1380. The van der Waals surface area contributed by atoms with E-state index in [4.69, 9.17) is 20.2 Å². The van der Waals surface area contributed by atoms with Gasteiger partial charge in [-0.2, -0.15) is 9.61 Å². The standard InChI is InChI=1S/C23H20N6O2S/c1-30-12-17-19(15-8-10-16(31-2)11-9-15)22-27-26-20(21(24)29(22)28-17)23-25-18(13-32-23)14-6-4-3-5-7-14/h3-11,13H,12,24H2,1-2H3. The van der Waals surface area contributed by atoms with Gasteiger partial charge in [-0.3, -0.25) is 0 Å². The highest BCUT2D eigenvalue weighted by atomic mass is 32.1. The van der Waals surface area contributed by atoms with Gasteiger partial charge < -0.3 is 15.2 Å². The number of ether oxygens (including phenoxy) is 2. The molecule has 0 saturated carbocycles. The Kier molecular flexibility index (Phi) is 5.26. The fourth-order valence-electron chi connectivity index (χ4n) is 3.53. The average molecular weight is 445 g/mol. The average Bonchev–Trinajstić information content (AvgIpc) is 3.46. The normalized spacial score (nSPS) is 11.2. The van der Waals surface area contributed by atoms with Crippen LogP contribution in [0.2, 0.25) is 0 Å². The van der Waals surface area contributed by atoms with Crippen LogP contribution in [0, 0.1) is 0 Å². The molecule has 9 heteroatoms. The predicted octanol–water partition coefficient (Wildman–Crippen LogP) is 4.32. The van der Waals surface area contributed by atoms with E-state index in [1.807, 2.05) is 60.0 Å². The van der Waals surface area contributed by atoms with Gasteiger partial charge in [0.25, 0.3) is 0 Å². The van der Waals surface area contributed by atoms with Crippen LogP contribution >= 0.6 is 11.3 Å². The van der Waals surface area contributed by atoms with Crippen LogP contribution in [-0.4, -0.2) is 39.0 Å². The highest BCUT2D eigenvalue weighted by Crippen LogP contribution is 2.34. The molecule has 0 saturated heterocycles. The lowest BCUT2D eigenvalue weighted by Gasteiger charge is -2.05. The van der Waals surface area contributed by atoms with Crippen LogP contribution in [-0.2, 0) is 11.3 Å². The van der Waals surface area contributed by atoms with E-state index in [2.05, 4.69) is 15.3 Å². The molecule has 2 aromatic carbocycles. The van der Waals surface area contributed by atoms with E-state index < -0.39 is 0 Å². The van der Waals surface area contributed by atoms with Gasteiger partial charge in [-0.05, 0) is 17.7 Å². The number of nitrogen functional groups attached to an aromatic ring is 1. The Morgan fingerprint density at radius 2 is 1.75 bits per heavy atom. The highest BCUT2D eigenvalue weighted by molar-refractivity contribution is 7.13. The number of thiazole rings is 1. The van der Waals surface area contributed by atoms with Gasteiger partial charge in [0.2, 0.25) is 0 Å². The molecule has 0 aliphatic rings. The minimum Gasteiger partial charge on any atom is -0.497 e. The summed E-state index contributed by atoms with van der Waals surface area (Å²) in [6, 6.07) is 17.7. The first-order valence-corrected chi connectivity index (χ1v) is 10.8. The lowest BCUT2D eigenvalue weighted by atomic mass is 10.1. The number of benzene rings is 2. The fourth-order valence-corrected chi connectivity index (χ4v) is 4.35. The Balaban J connectivity index is 1.62. The van der Waals surface area contributed by atoms with Crippen molar-refractivity contribution in [1.29, 1.82) is 0 Å². The van der Waals surface area contributed by atoms with Crippen molar-refractivity contribution < 1.29 is 9.47 Å². The third-order valence-electron chi connectivity index (χ3n) is 5.09. The molecule has 0 fully saturated rings. The molecule has 3 aromatic heterocycles. The molecule has 0 amide bonds. The Morgan fingerprint density at radius 3 is 2.47 bits per heavy atom. The maximum Gasteiger partial charge on any atom is 0.187 e. The molecule has 5 aromatic rings. The van der Waals surface area contributed by atoms with Gasteiger partial charge >= 0.3 is 0 Å². The third-order valence-corrected chi connectivity index (χ3v) is 5.93. The molecule has 0 aliphatic carbocycles. The van der Waals surface area contributed by atoms with Crippen molar-refractivity contribution in [2.45, 2.75) is 6.61 Å². The van der Waals surface area contributed by atoms with Crippen LogP contribution in [0.1, 0.15) is 5.69 Å². The molecule has 2 N–H and O–H groups in total. The second-order valence-corrected chi connectivity index (χ2v) is 7.91. The number of hydrogen-bond donors (Lipinski definition) is 1. The molecule has 3 heterocycles. The molecule has 0 bridgehead atoms. The van der Waals surface area contributed by atoms with Gasteiger partial charge in [0, 0.05) is 18.1 Å². The van der Waals surface area contributed by atoms with Crippen LogP contribution < -0.4 is 10.5 Å². The minimum atomic E-state index is 0.314. The van der Waals surface area contributed by atoms with Crippen molar-refractivity contribution in [3.05, 3.63) is 65.7 Å². The number of fused-ring (bicyclic) bond motifs is 1. The van der Waals surface area contributed by atoms with Crippen molar-refractivity contribution >= 4 is 22.8 Å². The van der Waals surface area contributed by atoms with E-state index in [0.717, 1.165) is 33.8 Å². The lowest BCUT2D eigenvalue weighted by molar-refractivity contribution is 0.181. The summed E-state index contributed by atoms with van der Waals surface area (Å²) in [5.74, 6) is 1.14. The zero-order valence-corrected chi connectivity index (χ0v) is 18.3. The summed E-state index contributed by atoms with van der Waals surface area (Å²) in [6.07, 6.45) is 0. The first-order chi connectivity index (χ1) is 15.7. The minimum absolute atomic E-state index is 0.314. The van der Waals surface area contributed by atoms with Crippen molar-refractivity contribution in [3.63, 3.8) is 0 Å². The molecule has 32 heavy (non-hydrogen) atoms. The van der Waals surface area contributed by atoms with E-state index >= 15 is 0 Å². The molecule has 0 atom stereocenters. The molecular formula is C23H20N6O2S. The number of aromatic nitrogens is 5. The van der Waals surface area contributed by atoms with Crippen molar-refractivity contribution in [3.8, 4) is 38.8 Å². The summed E-state index contributed by atoms with van der Waals surface area (Å²) in [6.45, 7) is 0.314.